The molecule has 2 aromatic rings. The Morgan fingerprint density at radius 3 is 2.17 bits per heavy atom. The predicted molar refractivity (Wildman–Crippen MR) is 97.5 cm³/mol. The number of sulfone groups is 1. The van der Waals surface area contributed by atoms with E-state index in [0.29, 0.717) is 6.07 Å². The van der Waals surface area contributed by atoms with Gasteiger partial charge in [0.25, 0.3) is 15.7 Å². The van der Waals surface area contributed by atoms with Gasteiger partial charge in [-0.1, -0.05) is 35.3 Å². The molecule has 13 heteroatoms. The number of urea groups is 1. The molecular formula is C16H10Cl2F4N2O4S. The van der Waals surface area contributed by atoms with Crippen molar-refractivity contribution in [2.24, 2.45) is 0 Å². The average molecular weight is 473 g/mol. The highest BCUT2D eigenvalue weighted by atomic mass is 35.5. The molecule has 0 aliphatic heterocycles. The average Bonchev–Trinajstić information content (AvgIpc) is 2.61. The Hall–Kier alpha value is -2.37. The van der Waals surface area contributed by atoms with E-state index in [4.69, 9.17) is 23.2 Å². The molecule has 0 radical (unpaired) electrons. The lowest BCUT2D eigenvalue weighted by Crippen LogP contribution is -2.36. The molecule has 156 valence electrons. The topological polar surface area (TPSA) is 92.3 Å². The van der Waals surface area contributed by atoms with Gasteiger partial charge in [0.05, 0.1) is 20.5 Å². The van der Waals surface area contributed by atoms with Crippen LogP contribution in [0.2, 0.25) is 10.0 Å². The number of hydrogen-bond donors (Lipinski definition) is 2. The Labute approximate surface area is 171 Å². The third kappa shape index (κ3) is 4.80. The molecule has 0 atom stereocenters. The second-order valence-corrected chi connectivity index (χ2v) is 8.20. The molecule has 6 nitrogen and oxygen atoms in total. The molecule has 0 fully saturated rings. The van der Waals surface area contributed by atoms with Gasteiger partial charge in [0.15, 0.2) is 0 Å². The Kier molecular flexibility index (Phi) is 6.76. The van der Waals surface area contributed by atoms with E-state index in [9.17, 15) is 35.6 Å². The molecule has 0 saturated heterocycles. The largest absolute Gasteiger partial charge is 0.408 e. The maximum Gasteiger partial charge on any atom is 0.408 e. The van der Waals surface area contributed by atoms with Crippen LogP contribution < -0.4 is 10.6 Å². The van der Waals surface area contributed by atoms with Gasteiger partial charge in [-0.05, 0) is 30.3 Å². The fraction of sp³-hybridized carbons (Fsp3) is 0.125. The second kappa shape index (κ2) is 8.56. The first-order valence-corrected chi connectivity index (χ1v) is 9.69. The predicted octanol–water partition coefficient (Wildman–Crippen LogP) is 4.59. The number of imide groups is 1. The quantitative estimate of drug-likeness (QED) is 0.622. The van der Waals surface area contributed by atoms with E-state index in [0.717, 1.165) is 12.1 Å². The number of carbonyl (C=O) groups excluding carboxylic acids is 2. The molecule has 2 aromatic carbocycles. The third-order valence-electron chi connectivity index (χ3n) is 3.44. The van der Waals surface area contributed by atoms with E-state index in [2.05, 4.69) is 5.32 Å². The van der Waals surface area contributed by atoms with Crippen molar-refractivity contribution < 1.29 is 35.6 Å². The van der Waals surface area contributed by atoms with E-state index < -0.39 is 43.4 Å². The molecule has 3 amide bonds. The molecule has 2 N–H and O–H groups in total. The lowest BCUT2D eigenvalue weighted by Gasteiger charge is -2.17. The highest BCUT2D eigenvalue weighted by Gasteiger charge is 2.55. The Balaban J connectivity index is 2.18. The minimum Gasteiger partial charge on any atom is -0.308 e. The summed E-state index contributed by atoms with van der Waals surface area (Å²) in [5.74, 6) is -0.852. The Morgan fingerprint density at radius 1 is 1.00 bits per heavy atom. The summed E-state index contributed by atoms with van der Waals surface area (Å²) in [5, 5.41) is -2.06. The van der Waals surface area contributed by atoms with Gasteiger partial charge in [-0.3, -0.25) is 10.1 Å². The molecule has 0 spiro atoms. The number of halogens is 6. The number of hydrogen-bond acceptors (Lipinski definition) is 4. The zero-order valence-electron chi connectivity index (χ0n) is 13.9. The molecule has 0 saturated carbocycles. The molecule has 0 heterocycles. The van der Waals surface area contributed by atoms with Gasteiger partial charge in [0.2, 0.25) is 0 Å². The number of nitrogens with one attached hydrogen (secondary N) is 2. The normalized spacial score (nSPS) is 12.0. The first-order chi connectivity index (χ1) is 13.4. The maximum atomic E-state index is 13.3. The summed E-state index contributed by atoms with van der Waals surface area (Å²) in [6.45, 7) is 0. The highest BCUT2D eigenvalue weighted by Crippen LogP contribution is 2.38. The van der Waals surface area contributed by atoms with E-state index in [-0.39, 0.29) is 16.3 Å². The third-order valence-corrected chi connectivity index (χ3v) is 6.02. The minimum atomic E-state index is -5.79. The summed E-state index contributed by atoms with van der Waals surface area (Å²) in [6, 6.07) is 6.88. The van der Waals surface area contributed by atoms with Crippen molar-refractivity contribution in [2.45, 2.75) is 16.6 Å². The van der Waals surface area contributed by atoms with Gasteiger partial charge in [0, 0.05) is 5.69 Å². The van der Waals surface area contributed by atoms with Crippen molar-refractivity contribution in [1.82, 2.24) is 5.32 Å². The van der Waals surface area contributed by atoms with Crippen molar-refractivity contribution in [1.29, 1.82) is 0 Å². The van der Waals surface area contributed by atoms with E-state index >= 15 is 0 Å². The number of anilines is 1. The Morgan fingerprint density at radius 2 is 1.62 bits per heavy atom. The minimum absolute atomic E-state index is 0.00183. The molecule has 0 aliphatic rings. The van der Waals surface area contributed by atoms with Crippen LogP contribution in [-0.2, 0) is 9.84 Å². The van der Waals surface area contributed by atoms with Gasteiger partial charge in [-0.15, -0.1) is 0 Å². The molecular weight excluding hydrogens is 463 g/mol. The molecule has 0 bridgehead atoms. The lowest BCUT2D eigenvalue weighted by molar-refractivity contribution is -0.0636. The fourth-order valence-electron chi connectivity index (χ4n) is 2.04. The van der Waals surface area contributed by atoms with Gasteiger partial charge in [-0.25, -0.2) is 22.0 Å². The van der Waals surface area contributed by atoms with Gasteiger partial charge in [0.1, 0.15) is 0 Å². The van der Waals surface area contributed by atoms with Crippen LogP contribution >= 0.6 is 23.2 Å². The zero-order chi connectivity index (χ0) is 22.0. The van der Waals surface area contributed by atoms with Crippen molar-refractivity contribution in [3.63, 3.8) is 0 Å². The van der Waals surface area contributed by atoms with Crippen LogP contribution in [0.1, 0.15) is 10.4 Å². The van der Waals surface area contributed by atoms with E-state index in [1.54, 1.807) is 6.07 Å². The number of benzene rings is 2. The maximum absolute atomic E-state index is 13.3. The number of alkyl halides is 4. The van der Waals surface area contributed by atoms with E-state index in [1.165, 1.54) is 18.2 Å². The fourth-order valence-corrected chi connectivity index (χ4v) is 3.84. The zero-order valence-corrected chi connectivity index (χ0v) is 16.3. The summed E-state index contributed by atoms with van der Waals surface area (Å²) in [7, 11) is -5.79. The monoisotopic (exact) mass is 472 g/mol. The summed E-state index contributed by atoms with van der Waals surface area (Å²) in [6.07, 6.45) is -4.47. The van der Waals surface area contributed by atoms with Crippen molar-refractivity contribution in [3.8, 4) is 0 Å². The first-order valence-electron chi connectivity index (χ1n) is 7.45. The van der Waals surface area contributed by atoms with Crippen molar-refractivity contribution in [2.75, 3.05) is 5.32 Å². The summed E-state index contributed by atoms with van der Waals surface area (Å²) < 4.78 is 74.8. The molecule has 0 aromatic heterocycles. The summed E-state index contributed by atoms with van der Waals surface area (Å²) in [4.78, 5) is 22.6. The lowest BCUT2D eigenvalue weighted by atomic mass is 10.2. The van der Waals surface area contributed by atoms with Crippen molar-refractivity contribution in [3.05, 3.63) is 58.1 Å². The number of amides is 3. The van der Waals surface area contributed by atoms with Crippen LogP contribution in [0, 0.1) is 0 Å². The molecule has 29 heavy (non-hydrogen) atoms. The second-order valence-electron chi connectivity index (χ2n) is 5.40. The Bertz CT molecular complexity index is 1060. The van der Waals surface area contributed by atoms with Crippen LogP contribution in [-0.4, -0.2) is 32.0 Å². The molecule has 2 rings (SSSR count). The van der Waals surface area contributed by atoms with Crippen molar-refractivity contribution >= 4 is 50.7 Å². The summed E-state index contributed by atoms with van der Waals surface area (Å²) in [5.41, 5.74) is -0.197. The number of rotatable bonds is 5. The van der Waals surface area contributed by atoms with Crippen LogP contribution in [0.4, 0.5) is 28.0 Å². The van der Waals surface area contributed by atoms with Crippen LogP contribution in [0.3, 0.4) is 0 Å². The van der Waals surface area contributed by atoms with Gasteiger partial charge in [-0.2, -0.15) is 8.78 Å². The number of carbonyl (C=O) groups is 2. The first kappa shape index (κ1) is 22.9. The van der Waals surface area contributed by atoms with Crippen LogP contribution in [0.15, 0.2) is 47.4 Å². The summed E-state index contributed by atoms with van der Waals surface area (Å²) >= 11 is 11.4. The van der Waals surface area contributed by atoms with Crippen LogP contribution in [0.25, 0.3) is 0 Å². The van der Waals surface area contributed by atoms with Crippen LogP contribution in [0.5, 0.6) is 0 Å². The highest BCUT2D eigenvalue weighted by molar-refractivity contribution is 7.92. The smallest absolute Gasteiger partial charge is 0.308 e. The van der Waals surface area contributed by atoms with E-state index in [1.807, 2.05) is 5.32 Å². The molecule has 0 unspecified atom stereocenters. The SMILES string of the molecule is O=C(NC(=O)c1ccccc1Cl)Nc1ccc(S(=O)(=O)C(F)(F)C(F)F)c(Cl)c1. The van der Waals surface area contributed by atoms with Gasteiger partial charge >= 0.3 is 17.7 Å². The van der Waals surface area contributed by atoms with Gasteiger partial charge < -0.3 is 5.32 Å². The standard InChI is InChI=1S/C16H10Cl2F4N2O4S/c17-10-4-2-1-3-9(10)13(25)24-15(26)23-8-5-6-12(11(18)7-8)29(27,28)16(21,22)14(19)20/h1-7,14H,(H2,23,24,25,26). The molecule has 0 aliphatic carbocycles.